The number of hydrogen-bond donors (Lipinski definition) is 1. The highest BCUT2D eigenvalue weighted by Gasteiger charge is 2.19. The van der Waals surface area contributed by atoms with Gasteiger partial charge in [-0.25, -0.2) is 4.68 Å². The molecule has 0 bridgehead atoms. The first-order valence-corrected chi connectivity index (χ1v) is 9.30. The Morgan fingerprint density at radius 1 is 1.33 bits per heavy atom. The van der Waals surface area contributed by atoms with Crippen molar-refractivity contribution in [3.63, 3.8) is 0 Å². The number of benzene rings is 2. The zero-order valence-corrected chi connectivity index (χ0v) is 15.9. The summed E-state index contributed by atoms with van der Waals surface area (Å²) in [5, 5.41) is 23.8. The molecule has 1 unspecified atom stereocenters. The van der Waals surface area contributed by atoms with Crippen LogP contribution < -0.4 is 5.32 Å². The zero-order valence-electron chi connectivity index (χ0n) is 14.3. The van der Waals surface area contributed by atoms with Gasteiger partial charge in [0.2, 0.25) is 11.1 Å². The zero-order chi connectivity index (χ0) is 19.2. The number of carbonyl (C=O) groups is 1. The lowest BCUT2D eigenvalue weighted by atomic mass is 10.2. The van der Waals surface area contributed by atoms with Gasteiger partial charge >= 0.3 is 0 Å². The van der Waals surface area contributed by atoms with Crippen molar-refractivity contribution in [2.24, 2.45) is 0 Å². The number of thioether (sulfide) groups is 1. The third-order valence-electron chi connectivity index (χ3n) is 3.68. The molecule has 27 heavy (non-hydrogen) atoms. The number of tetrazole rings is 1. The van der Waals surface area contributed by atoms with E-state index in [4.69, 9.17) is 16.9 Å². The number of nitrogens with one attached hydrogen (secondary N) is 1. The van der Waals surface area contributed by atoms with Crippen LogP contribution in [0.15, 0.2) is 53.7 Å². The molecule has 3 aromatic rings. The van der Waals surface area contributed by atoms with Crippen LogP contribution in [0.25, 0.3) is 0 Å². The fraction of sp³-hybridized carbons (Fsp3) is 0.167. The number of anilines is 1. The van der Waals surface area contributed by atoms with Crippen molar-refractivity contribution in [2.45, 2.75) is 23.9 Å². The average molecular weight is 399 g/mol. The molecule has 9 heteroatoms. The number of aromatic nitrogens is 4. The Hall–Kier alpha value is -2.89. The molecular formula is C18H15ClN6OS. The van der Waals surface area contributed by atoms with Gasteiger partial charge in [-0.1, -0.05) is 53.7 Å². The van der Waals surface area contributed by atoms with Crippen molar-refractivity contribution in [3.8, 4) is 6.07 Å². The second-order valence-electron chi connectivity index (χ2n) is 5.66. The number of carbonyl (C=O) groups excluding carboxylic acids is 1. The molecule has 7 nitrogen and oxygen atoms in total. The van der Waals surface area contributed by atoms with E-state index in [0.29, 0.717) is 28.0 Å². The van der Waals surface area contributed by atoms with Gasteiger partial charge in [-0.2, -0.15) is 5.26 Å². The highest BCUT2D eigenvalue weighted by molar-refractivity contribution is 8.00. The van der Waals surface area contributed by atoms with Crippen LogP contribution in [0.3, 0.4) is 0 Å². The summed E-state index contributed by atoms with van der Waals surface area (Å²) in [7, 11) is 0. The minimum atomic E-state index is -0.431. The van der Waals surface area contributed by atoms with Crippen molar-refractivity contribution in [3.05, 3.63) is 64.7 Å². The van der Waals surface area contributed by atoms with Crippen LogP contribution in [0.2, 0.25) is 5.02 Å². The SMILES string of the molecule is CC(Sc1nnnn1Cc1ccccc1)C(=O)Nc1ccc(C#N)c(Cl)c1. The number of nitrogens with zero attached hydrogens (tertiary/aromatic N) is 5. The number of rotatable bonds is 6. The largest absolute Gasteiger partial charge is 0.325 e. The normalized spacial score (nSPS) is 11.6. The first-order valence-electron chi connectivity index (χ1n) is 8.04. The van der Waals surface area contributed by atoms with Crippen LogP contribution >= 0.6 is 23.4 Å². The molecule has 0 fully saturated rings. The summed E-state index contributed by atoms with van der Waals surface area (Å²) >= 11 is 7.26. The summed E-state index contributed by atoms with van der Waals surface area (Å²) in [5.41, 5.74) is 1.95. The fourth-order valence-electron chi connectivity index (χ4n) is 2.28. The van der Waals surface area contributed by atoms with Crippen LogP contribution in [0.1, 0.15) is 18.1 Å². The van der Waals surface area contributed by atoms with E-state index in [1.165, 1.54) is 11.8 Å². The summed E-state index contributed by atoms with van der Waals surface area (Å²) < 4.78 is 1.66. The molecule has 136 valence electrons. The molecule has 0 aliphatic rings. The maximum Gasteiger partial charge on any atom is 0.237 e. The van der Waals surface area contributed by atoms with E-state index in [1.807, 2.05) is 36.4 Å². The lowest BCUT2D eigenvalue weighted by Gasteiger charge is -2.12. The van der Waals surface area contributed by atoms with Crippen molar-refractivity contribution in [2.75, 3.05) is 5.32 Å². The number of halogens is 1. The van der Waals surface area contributed by atoms with Crippen molar-refractivity contribution >= 4 is 35.0 Å². The molecule has 2 aromatic carbocycles. The molecule has 0 saturated heterocycles. The molecule has 0 radical (unpaired) electrons. The predicted molar refractivity (Wildman–Crippen MR) is 103 cm³/mol. The Balaban J connectivity index is 1.64. The third-order valence-corrected chi connectivity index (χ3v) is 5.07. The van der Waals surface area contributed by atoms with E-state index in [2.05, 4.69) is 20.8 Å². The van der Waals surface area contributed by atoms with Gasteiger partial charge in [0.1, 0.15) is 6.07 Å². The van der Waals surface area contributed by atoms with Crippen molar-refractivity contribution in [1.29, 1.82) is 5.26 Å². The second-order valence-corrected chi connectivity index (χ2v) is 7.38. The number of hydrogen-bond acceptors (Lipinski definition) is 6. The molecule has 1 N–H and O–H groups in total. The Kier molecular flexibility index (Phi) is 6.06. The monoisotopic (exact) mass is 398 g/mol. The van der Waals surface area contributed by atoms with E-state index in [-0.39, 0.29) is 5.91 Å². The number of nitriles is 1. The Morgan fingerprint density at radius 3 is 2.81 bits per heavy atom. The smallest absolute Gasteiger partial charge is 0.237 e. The first-order chi connectivity index (χ1) is 13.1. The minimum absolute atomic E-state index is 0.213. The summed E-state index contributed by atoms with van der Waals surface area (Å²) in [4.78, 5) is 12.5. The van der Waals surface area contributed by atoms with E-state index in [0.717, 1.165) is 5.56 Å². The standard InChI is InChI=1S/C18H15ClN6OS/c1-12(17(26)21-15-8-7-14(10-20)16(19)9-15)27-18-22-23-24-25(18)11-13-5-3-2-4-6-13/h2-9,12H,11H2,1H3,(H,21,26). The van der Waals surface area contributed by atoms with Crippen LogP contribution in [0, 0.1) is 11.3 Å². The van der Waals surface area contributed by atoms with Gasteiger partial charge in [0.25, 0.3) is 0 Å². The molecule has 1 aromatic heterocycles. The van der Waals surface area contributed by atoms with Gasteiger partial charge in [0.15, 0.2) is 0 Å². The third kappa shape index (κ3) is 4.84. The molecular weight excluding hydrogens is 384 g/mol. The molecule has 1 atom stereocenters. The predicted octanol–water partition coefficient (Wildman–Crippen LogP) is 3.37. The van der Waals surface area contributed by atoms with Gasteiger partial charge in [0.05, 0.1) is 22.4 Å². The maximum atomic E-state index is 12.5. The second kappa shape index (κ2) is 8.66. The van der Waals surface area contributed by atoms with Crippen LogP contribution in [-0.2, 0) is 11.3 Å². The fourth-order valence-corrected chi connectivity index (χ4v) is 3.29. The van der Waals surface area contributed by atoms with E-state index >= 15 is 0 Å². The van der Waals surface area contributed by atoms with E-state index in [1.54, 1.807) is 29.8 Å². The Bertz CT molecular complexity index is 985. The lowest BCUT2D eigenvalue weighted by molar-refractivity contribution is -0.115. The van der Waals surface area contributed by atoms with Gasteiger partial charge < -0.3 is 5.32 Å². The van der Waals surface area contributed by atoms with Crippen LogP contribution in [0.5, 0.6) is 0 Å². The first kappa shape index (κ1) is 18.9. The Morgan fingerprint density at radius 2 is 2.11 bits per heavy atom. The molecule has 0 aliphatic heterocycles. The van der Waals surface area contributed by atoms with Crippen LogP contribution in [-0.4, -0.2) is 31.4 Å². The van der Waals surface area contributed by atoms with Gasteiger partial charge in [-0.3, -0.25) is 4.79 Å². The molecule has 3 rings (SSSR count). The van der Waals surface area contributed by atoms with Gasteiger partial charge in [-0.05, 0) is 41.1 Å². The highest BCUT2D eigenvalue weighted by Crippen LogP contribution is 2.24. The molecule has 1 amide bonds. The van der Waals surface area contributed by atoms with Gasteiger partial charge in [-0.15, -0.1) is 5.10 Å². The van der Waals surface area contributed by atoms with Crippen molar-refractivity contribution < 1.29 is 4.79 Å². The summed E-state index contributed by atoms with van der Waals surface area (Å²) in [5.74, 6) is -0.213. The average Bonchev–Trinajstić information content (AvgIpc) is 3.09. The van der Waals surface area contributed by atoms with E-state index < -0.39 is 5.25 Å². The lowest BCUT2D eigenvalue weighted by Crippen LogP contribution is -2.23. The molecule has 1 heterocycles. The number of amides is 1. The topological polar surface area (TPSA) is 96.5 Å². The molecule has 0 aliphatic carbocycles. The summed E-state index contributed by atoms with van der Waals surface area (Å²) in [6.45, 7) is 2.29. The molecule has 0 saturated carbocycles. The minimum Gasteiger partial charge on any atom is -0.325 e. The maximum absolute atomic E-state index is 12.5. The highest BCUT2D eigenvalue weighted by atomic mass is 35.5. The molecule has 0 spiro atoms. The summed E-state index contributed by atoms with van der Waals surface area (Å²) in [6.07, 6.45) is 0. The van der Waals surface area contributed by atoms with Crippen molar-refractivity contribution in [1.82, 2.24) is 20.2 Å². The van der Waals surface area contributed by atoms with Crippen LogP contribution in [0.4, 0.5) is 5.69 Å². The quantitative estimate of drug-likeness (QED) is 0.639. The van der Waals surface area contributed by atoms with E-state index in [9.17, 15) is 4.79 Å². The Labute approximate surface area is 165 Å². The van der Waals surface area contributed by atoms with Gasteiger partial charge in [0, 0.05) is 5.69 Å². The summed E-state index contributed by atoms with van der Waals surface area (Å²) in [6, 6.07) is 16.6.